The molecule has 2 aromatic rings. The third-order valence-corrected chi connectivity index (χ3v) is 5.40. The fraction of sp³-hybridized carbons (Fsp3) is 0.500. The second-order valence-electron chi connectivity index (χ2n) is 7.25. The van der Waals surface area contributed by atoms with Gasteiger partial charge < -0.3 is 15.5 Å². The number of pyridine rings is 1. The van der Waals surface area contributed by atoms with Gasteiger partial charge in [0.15, 0.2) is 5.65 Å². The molecule has 4 rings (SSSR count). The van der Waals surface area contributed by atoms with E-state index in [0.29, 0.717) is 11.2 Å². The van der Waals surface area contributed by atoms with Crippen LogP contribution in [0.15, 0.2) is 24.7 Å². The Morgan fingerprint density at radius 3 is 2.63 bits per heavy atom. The summed E-state index contributed by atoms with van der Waals surface area (Å²) < 4.78 is 1.71. The zero-order valence-electron chi connectivity index (χ0n) is 15.1. The number of hydrogen-bond acceptors (Lipinski definition) is 5. The molecule has 2 atom stereocenters. The minimum Gasteiger partial charge on any atom is -0.349 e. The molecule has 9 heteroatoms. The normalized spacial score (nSPS) is 24.0. The number of carbonyl (C=O) groups excluding carboxylic acids is 3. The van der Waals surface area contributed by atoms with Crippen molar-refractivity contribution in [1.29, 1.82) is 0 Å². The van der Waals surface area contributed by atoms with E-state index < -0.39 is 0 Å². The van der Waals surface area contributed by atoms with E-state index in [1.165, 1.54) is 6.92 Å². The molecule has 2 aliphatic rings. The summed E-state index contributed by atoms with van der Waals surface area (Å²) in [6, 6.07) is 3.78. The average Bonchev–Trinajstić information content (AvgIpc) is 3.21. The van der Waals surface area contributed by atoms with Crippen LogP contribution in [0.5, 0.6) is 0 Å². The Hall–Kier alpha value is -2.97. The first-order valence-electron chi connectivity index (χ1n) is 9.17. The number of fused-ring (bicyclic) bond motifs is 3. The summed E-state index contributed by atoms with van der Waals surface area (Å²) in [5, 5.41) is 13.4. The fourth-order valence-electron chi connectivity index (χ4n) is 4.22. The third kappa shape index (κ3) is 3.49. The lowest BCUT2D eigenvalue weighted by Crippen LogP contribution is -2.54. The van der Waals surface area contributed by atoms with Crippen LogP contribution in [0, 0.1) is 0 Å². The zero-order chi connectivity index (χ0) is 19.0. The molecule has 2 aromatic heterocycles. The lowest BCUT2D eigenvalue weighted by molar-refractivity contribution is -0.136. The van der Waals surface area contributed by atoms with Crippen molar-refractivity contribution in [2.24, 2.45) is 0 Å². The molecule has 9 nitrogen and oxygen atoms in total. The van der Waals surface area contributed by atoms with E-state index in [1.54, 1.807) is 29.1 Å². The first-order valence-corrected chi connectivity index (χ1v) is 9.17. The monoisotopic (exact) mass is 370 g/mol. The van der Waals surface area contributed by atoms with E-state index in [4.69, 9.17) is 0 Å². The molecule has 0 aromatic carbocycles. The average molecular weight is 370 g/mol. The number of rotatable bonds is 4. The molecule has 0 radical (unpaired) electrons. The molecule has 2 unspecified atom stereocenters. The van der Waals surface area contributed by atoms with Crippen LogP contribution in [0.4, 0.5) is 0 Å². The Balaban J connectivity index is 1.38. The van der Waals surface area contributed by atoms with Gasteiger partial charge in [0.1, 0.15) is 6.33 Å². The second-order valence-corrected chi connectivity index (χ2v) is 7.25. The molecule has 2 N–H and O–H groups in total. The summed E-state index contributed by atoms with van der Waals surface area (Å²) in [5.41, 5.74) is 1.24. The highest BCUT2D eigenvalue weighted by Gasteiger charge is 2.43. The van der Waals surface area contributed by atoms with Gasteiger partial charge in [-0.05, 0) is 37.8 Å². The molecule has 0 aliphatic carbocycles. The highest BCUT2D eigenvalue weighted by atomic mass is 16.2. The minimum absolute atomic E-state index is 0.0384. The van der Waals surface area contributed by atoms with Crippen LogP contribution in [-0.2, 0) is 9.59 Å². The lowest BCUT2D eigenvalue weighted by Gasteiger charge is -2.39. The number of nitrogens with zero attached hydrogens (tertiary/aromatic N) is 4. The van der Waals surface area contributed by atoms with E-state index in [0.717, 1.165) is 25.7 Å². The minimum atomic E-state index is -0.206. The standard InChI is InChI=1S/C18H22N6O3/c1-11(25)19-8-17(26)24-14-3-4-15(24)7-13(6-14)21-18(27)12-2-5-16-22-20-10-23(16)9-12/h2,5,9-10,13-15H,3-4,6-8H2,1H3,(H,19,25)(H,21,27). The van der Waals surface area contributed by atoms with Crippen LogP contribution < -0.4 is 10.6 Å². The maximum atomic E-state index is 12.6. The maximum absolute atomic E-state index is 12.6. The molecule has 0 saturated carbocycles. The highest BCUT2D eigenvalue weighted by Crippen LogP contribution is 2.35. The Kier molecular flexibility index (Phi) is 4.51. The van der Waals surface area contributed by atoms with Gasteiger partial charge in [0.2, 0.25) is 11.8 Å². The van der Waals surface area contributed by atoms with Gasteiger partial charge in [-0.2, -0.15) is 0 Å². The molecule has 2 bridgehead atoms. The number of hydrogen-bond donors (Lipinski definition) is 2. The van der Waals surface area contributed by atoms with Crippen molar-refractivity contribution in [1.82, 2.24) is 30.1 Å². The molecular weight excluding hydrogens is 348 g/mol. The Morgan fingerprint density at radius 2 is 1.93 bits per heavy atom. The van der Waals surface area contributed by atoms with Crippen molar-refractivity contribution in [2.75, 3.05) is 6.54 Å². The van der Waals surface area contributed by atoms with Crippen LogP contribution >= 0.6 is 0 Å². The van der Waals surface area contributed by atoms with Crippen LogP contribution in [0.2, 0.25) is 0 Å². The van der Waals surface area contributed by atoms with Crippen molar-refractivity contribution in [3.05, 3.63) is 30.2 Å². The van der Waals surface area contributed by atoms with Crippen molar-refractivity contribution < 1.29 is 14.4 Å². The molecule has 2 fully saturated rings. The summed E-state index contributed by atoms with van der Waals surface area (Å²) >= 11 is 0. The van der Waals surface area contributed by atoms with E-state index in [2.05, 4.69) is 20.8 Å². The summed E-state index contributed by atoms with van der Waals surface area (Å²) in [6.07, 6.45) is 6.63. The number of aromatic nitrogens is 3. The SMILES string of the molecule is CC(=O)NCC(=O)N1C2CCC1CC(NC(=O)c1ccc3nncn3c1)C2. The fourth-order valence-corrected chi connectivity index (χ4v) is 4.22. The van der Waals surface area contributed by atoms with Crippen molar-refractivity contribution >= 4 is 23.4 Å². The predicted molar refractivity (Wildman–Crippen MR) is 95.8 cm³/mol. The highest BCUT2D eigenvalue weighted by molar-refractivity contribution is 5.94. The van der Waals surface area contributed by atoms with E-state index in [1.807, 2.05) is 4.90 Å². The summed E-state index contributed by atoms with van der Waals surface area (Å²) in [6.45, 7) is 1.44. The smallest absolute Gasteiger partial charge is 0.253 e. The van der Waals surface area contributed by atoms with Gasteiger partial charge in [-0.15, -0.1) is 10.2 Å². The lowest BCUT2D eigenvalue weighted by atomic mass is 9.96. The number of amides is 3. The predicted octanol–water partition coefficient (Wildman–Crippen LogP) is 0.117. The Morgan fingerprint density at radius 1 is 1.19 bits per heavy atom. The quantitative estimate of drug-likeness (QED) is 0.794. The van der Waals surface area contributed by atoms with Gasteiger partial charge in [0.05, 0.1) is 12.1 Å². The number of piperidine rings is 1. The van der Waals surface area contributed by atoms with Gasteiger partial charge in [-0.3, -0.25) is 18.8 Å². The Labute approximate surface area is 156 Å². The largest absolute Gasteiger partial charge is 0.349 e. The number of carbonyl (C=O) groups is 3. The summed E-state index contributed by atoms with van der Waals surface area (Å²) in [7, 11) is 0. The summed E-state index contributed by atoms with van der Waals surface area (Å²) in [4.78, 5) is 38.0. The molecular formula is C18H22N6O3. The van der Waals surface area contributed by atoms with Gasteiger partial charge in [0.25, 0.3) is 5.91 Å². The zero-order valence-corrected chi connectivity index (χ0v) is 15.1. The van der Waals surface area contributed by atoms with Crippen LogP contribution in [0.3, 0.4) is 0 Å². The van der Waals surface area contributed by atoms with Gasteiger partial charge >= 0.3 is 0 Å². The van der Waals surface area contributed by atoms with E-state index in [-0.39, 0.29) is 42.4 Å². The first kappa shape index (κ1) is 17.4. The van der Waals surface area contributed by atoms with Crippen molar-refractivity contribution in [3.63, 3.8) is 0 Å². The van der Waals surface area contributed by atoms with Crippen LogP contribution in [-0.4, -0.2) is 61.9 Å². The molecule has 2 saturated heterocycles. The van der Waals surface area contributed by atoms with E-state index in [9.17, 15) is 14.4 Å². The van der Waals surface area contributed by atoms with Crippen molar-refractivity contribution in [2.45, 2.75) is 50.7 Å². The second kappa shape index (κ2) is 6.98. The Bertz CT molecular complexity index is 880. The topological polar surface area (TPSA) is 109 Å². The van der Waals surface area contributed by atoms with Crippen molar-refractivity contribution in [3.8, 4) is 0 Å². The molecule has 27 heavy (non-hydrogen) atoms. The van der Waals surface area contributed by atoms with Gasteiger partial charge in [0, 0.05) is 31.2 Å². The maximum Gasteiger partial charge on any atom is 0.253 e. The third-order valence-electron chi connectivity index (χ3n) is 5.40. The van der Waals surface area contributed by atoms with E-state index >= 15 is 0 Å². The first-order chi connectivity index (χ1) is 13.0. The van der Waals surface area contributed by atoms with Gasteiger partial charge in [-0.25, -0.2) is 0 Å². The molecule has 4 heterocycles. The molecule has 0 spiro atoms. The van der Waals surface area contributed by atoms with Gasteiger partial charge in [-0.1, -0.05) is 0 Å². The molecule has 142 valence electrons. The molecule has 2 aliphatic heterocycles. The summed E-state index contributed by atoms with van der Waals surface area (Å²) in [5.74, 6) is -0.378. The molecule has 3 amide bonds. The van der Waals surface area contributed by atoms with Crippen LogP contribution in [0.25, 0.3) is 5.65 Å². The van der Waals surface area contributed by atoms with Crippen LogP contribution in [0.1, 0.15) is 43.0 Å². The number of nitrogens with one attached hydrogen (secondary N) is 2.